The maximum absolute atomic E-state index is 6.95. The highest BCUT2D eigenvalue weighted by Crippen LogP contribution is 2.49. The minimum absolute atomic E-state index is 0.0354. The minimum atomic E-state index is -0.0354. The second kappa shape index (κ2) is 6.16. The topological polar surface area (TPSA) is 9.23 Å². The van der Waals surface area contributed by atoms with Gasteiger partial charge in [0.2, 0.25) is 0 Å². The van der Waals surface area contributed by atoms with Crippen molar-refractivity contribution in [3.05, 3.63) is 0 Å². The number of hydrogen-bond donors (Lipinski definition) is 0. The highest BCUT2D eigenvalue weighted by molar-refractivity contribution is 4.98. The van der Waals surface area contributed by atoms with Crippen molar-refractivity contribution in [2.45, 2.75) is 106 Å². The predicted molar refractivity (Wildman–Crippen MR) is 86.6 cm³/mol. The van der Waals surface area contributed by atoms with Crippen molar-refractivity contribution in [1.29, 1.82) is 0 Å². The zero-order valence-electron chi connectivity index (χ0n) is 15.2. The summed E-state index contributed by atoms with van der Waals surface area (Å²) in [6.07, 6.45) is 4.30. The predicted octanol–water partition coefficient (Wildman–Crippen LogP) is 6.21. The molecule has 0 heterocycles. The minimum Gasteiger partial charge on any atom is -0.368 e. The van der Waals surface area contributed by atoms with Crippen molar-refractivity contribution in [3.8, 4) is 0 Å². The second-order valence-corrected chi connectivity index (χ2v) is 8.00. The molecule has 0 saturated carbocycles. The molecule has 0 N–H and O–H groups in total. The molecule has 0 aliphatic rings. The van der Waals surface area contributed by atoms with Crippen LogP contribution in [0.5, 0.6) is 0 Å². The van der Waals surface area contributed by atoms with Gasteiger partial charge in [-0.05, 0) is 36.5 Å². The van der Waals surface area contributed by atoms with Crippen LogP contribution in [-0.4, -0.2) is 11.2 Å². The highest BCUT2D eigenvalue weighted by Gasteiger charge is 2.49. The van der Waals surface area contributed by atoms with Gasteiger partial charge in [-0.15, -0.1) is 0 Å². The van der Waals surface area contributed by atoms with Crippen LogP contribution in [0.2, 0.25) is 0 Å². The molecule has 0 unspecified atom stereocenters. The van der Waals surface area contributed by atoms with Gasteiger partial charge in [0.1, 0.15) is 0 Å². The monoisotopic (exact) mass is 270 g/mol. The van der Waals surface area contributed by atoms with Gasteiger partial charge in [-0.1, -0.05) is 69.2 Å². The van der Waals surface area contributed by atoms with Crippen LogP contribution in [0.4, 0.5) is 0 Å². The Balaban J connectivity index is 5.66. The zero-order valence-corrected chi connectivity index (χ0v) is 15.2. The van der Waals surface area contributed by atoms with E-state index in [4.69, 9.17) is 4.74 Å². The maximum Gasteiger partial charge on any atom is 0.0733 e. The Morgan fingerprint density at radius 3 is 0.842 bits per heavy atom. The van der Waals surface area contributed by atoms with Gasteiger partial charge in [0.05, 0.1) is 11.2 Å². The van der Waals surface area contributed by atoms with E-state index in [9.17, 15) is 0 Å². The fourth-order valence-electron chi connectivity index (χ4n) is 3.59. The fraction of sp³-hybridized carbons (Fsp3) is 1.00. The molecule has 0 aromatic heterocycles. The molecular formula is C18H38O. The van der Waals surface area contributed by atoms with Crippen LogP contribution in [0.25, 0.3) is 0 Å². The lowest BCUT2D eigenvalue weighted by molar-refractivity contribution is -0.243. The molecule has 1 nitrogen and oxygen atoms in total. The summed E-state index contributed by atoms with van der Waals surface area (Å²) in [5.41, 5.74) is 0.257. The third-order valence-corrected chi connectivity index (χ3v) is 5.41. The van der Waals surface area contributed by atoms with Crippen LogP contribution in [0.1, 0.15) is 94.9 Å². The molecule has 116 valence electrons. The van der Waals surface area contributed by atoms with Gasteiger partial charge in [-0.2, -0.15) is 0 Å². The molecular weight excluding hydrogens is 232 g/mol. The largest absolute Gasteiger partial charge is 0.368 e. The van der Waals surface area contributed by atoms with E-state index in [1.807, 2.05) is 0 Å². The molecule has 19 heavy (non-hydrogen) atoms. The normalized spacial score (nSPS) is 14.8. The van der Waals surface area contributed by atoms with E-state index < -0.39 is 0 Å². The van der Waals surface area contributed by atoms with Crippen molar-refractivity contribution >= 4 is 0 Å². The van der Waals surface area contributed by atoms with E-state index in [0.29, 0.717) is 0 Å². The Hall–Kier alpha value is -0.0400. The van der Waals surface area contributed by atoms with Gasteiger partial charge in [0.15, 0.2) is 0 Å². The Labute approximate surface area is 122 Å². The molecule has 0 spiro atoms. The Morgan fingerprint density at radius 2 is 0.737 bits per heavy atom. The molecule has 1 heteroatoms. The number of hydrogen-bond acceptors (Lipinski definition) is 1. The molecule has 0 amide bonds. The van der Waals surface area contributed by atoms with Crippen molar-refractivity contribution in [3.63, 3.8) is 0 Å². The third-order valence-electron chi connectivity index (χ3n) is 5.41. The van der Waals surface area contributed by atoms with Crippen molar-refractivity contribution in [2.24, 2.45) is 10.8 Å². The van der Waals surface area contributed by atoms with Gasteiger partial charge in [0.25, 0.3) is 0 Å². The summed E-state index contributed by atoms with van der Waals surface area (Å²) < 4.78 is 6.95. The first-order valence-corrected chi connectivity index (χ1v) is 8.15. The van der Waals surface area contributed by atoms with E-state index in [1.165, 1.54) is 0 Å². The summed E-state index contributed by atoms with van der Waals surface area (Å²) in [4.78, 5) is 0. The number of rotatable bonds is 6. The molecule has 0 aliphatic carbocycles. The van der Waals surface area contributed by atoms with E-state index >= 15 is 0 Å². The maximum atomic E-state index is 6.95. The fourth-order valence-corrected chi connectivity index (χ4v) is 3.59. The summed E-state index contributed by atoms with van der Waals surface area (Å²) >= 11 is 0. The highest BCUT2D eigenvalue weighted by atomic mass is 16.5. The van der Waals surface area contributed by atoms with Crippen LogP contribution in [0.15, 0.2) is 0 Å². The molecule has 0 aromatic rings. The van der Waals surface area contributed by atoms with Crippen molar-refractivity contribution in [1.82, 2.24) is 0 Å². The SMILES string of the molecule is CCC(CC)(OC(CC)(CC)C(C)(C)C)C(C)(C)C. The van der Waals surface area contributed by atoms with Gasteiger partial charge in [-0.25, -0.2) is 0 Å². The summed E-state index contributed by atoms with van der Waals surface area (Å²) in [5, 5.41) is 0. The molecule has 0 bridgehead atoms. The second-order valence-electron chi connectivity index (χ2n) is 8.00. The summed E-state index contributed by atoms with van der Waals surface area (Å²) in [7, 11) is 0. The van der Waals surface area contributed by atoms with Crippen LogP contribution < -0.4 is 0 Å². The molecule has 0 atom stereocenters. The Bertz CT molecular complexity index is 228. The third kappa shape index (κ3) is 3.54. The van der Waals surface area contributed by atoms with Crippen molar-refractivity contribution in [2.75, 3.05) is 0 Å². The molecule has 0 radical (unpaired) electrons. The first kappa shape index (κ1) is 19.0. The lowest BCUT2D eigenvalue weighted by Crippen LogP contribution is -2.56. The van der Waals surface area contributed by atoms with Crippen LogP contribution in [-0.2, 0) is 4.74 Å². The molecule has 0 saturated heterocycles. The number of ether oxygens (including phenoxy) is 1. The van der Waals surface area contributed by atoms with Crippen molar-refractivity contribution < 1.29 is 4.74 Å². The molecule has 0 aliphatic heterocycles. The van der Waals surface area contributed by atoms with Gasteiger partial charge in [-0.3, -0.25) is 0 Å². The Morgan fingerprint density at radius 1 is 0.526 bits per heavy atom. The van der Waals surface area contributed by atoms with E-state index in [-0.39, 0.29) is 22.0 Å². The smallest absolute Gasteiger partial charge is 0.0733 e. The van der Waals surface area contributed by atoms with Crippen LogP contribution in [0.3, 0.4) is 0 Å². The van der Waals surface area contributed by atoms with Crippen LogP contribution in [0, 0.1) is 10.8 Å². The summed E-state index contributed by atoms with van der Waals surface area (Å²) in [5.74, 6) is 0. The van der Waals surface area contributed by atoms with Gasteiger partial charge >= 0.3 is 0 Å². The molecule has 0 fully saturated rings. The average Bonchev–Trinajstić information content (AvgIpc) is 2.28. The van der Waals surface area contributed by atoms with E-state index in [0.717, 1.165) is 25.7 Å². The quantitative estimate of drug-likeness (QED) is 0.557. The first-order chi connectivity index (χ1) is 8.45. The summed E-state index contributed by atoms with van der Waals surface area (Å²) in [6.45, 7) is 23.0. The summed E-state index contributed by atoms with van der Waals surface area (Å²) in [6, 6.07) is 0. The Kier molecular flexibility index (Phi) is 6.15. The average molecular weight is 271 g/mol. The zero-order chi connectivity index (χ0) is 15.5. The first-order valence-electron chi connectivity index (χ1n) is 8.15. The lowest BCUT2D eigenvalue weighted by Gasteiger charge is -2.54. The van der Waals surface area contributed by atoms with Crippen LogP contribution >= 0.6 is 0 Å². The molecule has 0 aromatic carbocycles. The van der Waals surface area contributed by atoms with E-state index in [1.54, 1.807) is 0 Å². The standard InChI is InChI=1S/C18H38O/c1-11-17(12-2,15(5,6)7)19-18(13-3,14-4)16(8,9)10/h11-14H2,1-10H3. The lowest BCUT2D eigenvalue weighted by atomic mass is 9.68. The van der Waals surface area contributed by atoms with E-state index in [2.05, 4.69) is 69.2 Å². The van der Waals surface area contributed by atoms with Gasteiger partial charge < -0.3 is 4.74 Å². The van der Waals surface area contributed by atoms with Gasteiger partial charge in [0, 0.05) is 0 Å². The molecule has 0 rings (SSSR count).